The standard InChI is InChI=1S/C10H15N3O2/c1-15-9(14)10(11,8-2-3-8)6-13-5-4-12-7-13/h4-5,7-8H,2-3,6,11H2,1H3. The van der Waals surface area contributed by atoms with Gasteiger partial charge in [0.25, 0.3) is 0 Å². The predicted molar refractivity (Wildman–Crippen MR) is 53.9 cm³/mol. The predicted octanol–water partition coefficient (Wildman–Crippen LogP) is 0.164. The molecule has 2 N–H and O–H groups in total. The molecule has 0 aromatic carbocycles. The monoisotopic (exact) mass is 209 g/mol. The topological polar surface area (TPSA) is 70.1 Å². The molecule has 5 heteroatoms. The summed E-state index contributed by atoms with van der Waals surface area (Å²) in [6.07, 6.45) is 7.13. The van der Waals surface area contributed by atoms with Crippen LogP contribution in [0.5, 0.6) is 0 Å². The Labute approximate surface area is 88.2 Å². The van der Waals surface area contributed by atoms with Crippen molar-refractivity contribution in [2.45, 2.75) is 24.9 Å². The van der Waals surface area contributed by atoms with Crippen LogP contribution in [0.25, 0.3) is 0 Å². The molecule has 15 heavy (non-hydrogen) atoms. The van der Waals surface area contributed by atoms with Crippen molar-refractivity contribution in [3.8, 4) is 0 Å². The third-order valence-electron chi connectivity index (χ3n) is 2.87. The molecule has 2 rings (SSSR count). The Morgan fingerprint density at radius 3 is 2.93 bits per heavy atom. The maximum Gasteiger partial charge on any atom is 0.327 e. The van der Waals surface area contributed by atoms with Crippen molar-refractivity contribution in [2.24, 2.45) is 11.7 Å². The molecule has 1 aromatic rings. The number of hydrogen-bond donors (Lipinski definition) is 1. The highest BCUT2D eigenvalue weighted by atomic mass is 16.5. The van der Waals surface area contributed by atoms with Crippen LogP contribution >= 0.6 is 0 Å². The number of hydrogen-bond acceptors (Lipinski definition) is 4. The zero-order valence-corrected chi connectivity index (χ0v) is 8.72. The molecule has 0 amide bonds. The molecule has 1 fully saturated rings. The molecule has 0 aliphatic heterocycles. The first kappa shape index (κ1) is 10.2. The van der Waals surface area contributed by atoms with Crippen LogP contribution in [0, 0.1) is 5.92 Å². The van der Waals surface area contributed by atoms with E-state index in [9.17, 15) is 4.79 Å². The normalized spacial score (nSPS) is 19.6. The number of aromatic nitrogens is 2. The number of nitrogens with zero attached hydrogens (tertiary/aromatic N) is 2. The Bertz CT molecular complexity index is 346. The van der Waals surface area contributed by atoms with Crippen LogP contribution in [-0.4, -0.2) is 28.2 Å². The van der Waals surface area contributed by atoms with Gasteiger partial charge in [-0.15, -0.1) is 0 Å². The first-order valence-corrected chi connectivity index (χ1v) is 5.00. The van der Waals surface area contributed by atoms with Crippen molar-refractivity contribution in [1.82, 2.24) is 9.55 Å². The summed E-state index contributed by atoms with van der Waals surface area (Å²) in [6, 6.07) is 0. The fourth-order valence-corrected chi connectivity index (χ4v) is 1.83. The summed E-state index contributed by atoms with van der Waals surface area (Å²) in [4.78, 5) is 15.6. The van der Waals surface area contributed by atoms with E-state index in [1.54, 1.807) is 18.7 Å². The lowest BCUT2D eigenvalue weighted by molar-refractivity contribution is -0.148. The van der Waals surface area contributed by atoms with E-state index in [0.717, 1.165) is 12.8 Å². The van der Waals surface area contributed by atoms with Crippen LogP contribution in [-0.2, 0) is 16.1 Å². The molecular formula is C10H15N3O2. The van der Waals surface area contributed by atoms with E-state index < -0.39 is 5.54 Å². The van der Waals surface area contributed by atoms with Gasteiger partial charge in [0.2, 0.25) is 0 Å². The van der Waals surface area contributed by atoms with Gasteiger partial charge >= 0.3 is 5.97 Å². The highest BCUT2D eigenvalue weighted by Crippen LogP contribution is 2.39. The first-order valence-electron chi connectivity index (χ1n) is 5.00. The summed E-state index contributed by atoms with van der Waals surface area (Å²) in [7, 11) is 1.38. The molecule has 1 saturated carbocycles. The fraction of sp³-hybridized carbons (Fsp3) is 0.600. The van der Waals surface area contributed by atoms with Crippen LogP contribution in [0.1, 0.15) is 12.8 Å². The number of ether oxygens (including phenoxy) is 1. The van der Waals surface area contributed by atoms with Crippen LogP contribution < -0.4 is 5.73 Å². The minimum absolute atomic E-state index is 0.243. The lowest BCUT2D eigenvalue weighted by Gasteiger charge is -2.26. The highest BCUT2D eigenvalue weighted by Gasteiger charge is 2.49. The van der Waals surface area contributed by atoms with Crippen LogP contribution in [0.4, 0.5) is 0 Å². The number of nitrogens with two attached hydrogens (primary N) is 1. The largest absolute Gasteiger partial charge is 0.468 e. The minimum Gasteiger partial charge on any atom is -0.468 e. The summed E-state index contributed by atoms with van der Waals surface area (Å²) in [6.45, 7) is 0.435. The molecule has 0 radical (unpaired) electrons. The molecule has 0 saturated heterocycles. The van der Waals surface area contributed by atoms with Crippen molar-refractivity contribution in [1.29, 1.82) is 0 Å². The Balaban J connectivity index is 2.15. The van der Waals surface area contributed by atoms with E-state index in [1.165, 1.54) is 7.11 Å². The van der Waals surface area contributed by atoms with Gasteiger partial charge in [-0.1, -0.05) is 0 Å². The zero-order chi connectivity index (χ0) is 10.9. The fourth-order valence-electron chi connectivity index (χ4n) is 1.83. The van der Waals surface area contributed by atoms with Gasteiger partial charge in [-0.25, -0.2) is 9.78 Å². The molecule has 1 unspecified atom stereocenters. The lowest BCUT2D eigenvalue weighted by atomic mass is 9.94. The van der Waals surface area contributed by atoms with E-state index in [2.05, 4.69) is 4.98 Å². The molecule has 0 spiro atoms. The van der Waals surface area contributed by atoms with Crippen molar-refractivity contribution >= 4 is 5.97 Å². The van der Waals surface area contributed by atoms with E-state index in [0.29, 0.717) is 6.54 Å². The van der Waals surface area contributed by atoms with Crippen molar-refractivity contribution < 1.29 is 9.53 Å². The van der Waals surface area contributed by atoms with Gasteiger partial charge in [0.05, 0.1) is 20.0 Å². The maximum absolute atomic E-state index is 11.7. The van der Waals surface area contributed by atoms with Crippen molar-refractivity contribution in [3.05, 3.63) is 18.7 Å². The van der Waals surface area contributed by atoms with Crippen LogP contribution in [0.15, 0.2) is 18.7 Å². The Morgan fingerprint density at radius 2 is 2.47 bits per heavy atom. The average molecular weight is 209 g/mol. The lowest BCUT2D eigenvalue weighted by Crippen LogP contribution is -2.54. The number of rotatable bonds is 4. The van der Waals surface area contributed by atoms with Crippen LogP contribution in [0.3, 0.4) is 0 Å². The number of imidazole rings is 1. The van der Waals surface area contributed by atoms with Gasteiger partial charge in [-0.05, 0) is 18.8 Å². The van der Waals surface area contributed by atoms with Gasteiger partial charge in [0, 0.05) is 12.4 Å². The second-order valence-electron chi connectivity index (χ2n) is 4.04. The van der Waals surface area contributed by atoms with Gasteiger partial charge in [0.15, 0.2) is 0 Å². The summed E-state index contributed by atoms with van der Waals surface area (Å²) in [5.74, 6) is -0.0916. The molecule has 1 aliphatic carbocycles. The number of carbonyl (C=O) groups is 1. The third kappa shape index (κ3) is 1.87. The van der Waals surface area contributed by atoms with Crippen molar-refractivity contribution in [2.75, 3.05) is 7.11 Å². The van der Waals surface area contributed by atoms with Gasteiger partial charge in [-0.3, -0.25) is 0 Å². The molecule has 1 atom stereocenters. The molecule has 1 heterocycles. The molecule has 1 aliphatic rings. The molecule has 82 valence electrons. The van der Waals surface area contributed by atoms with Gasteiger partial charge in [-0.2, -0.15) is 0 Å². The summed E-state index contributed by atoms with van der Waals surface area (Å²) in [5, 5.41) is 0. The quantitative estimate of drug-likeness (QED) is 0.717. The average Bonchev–Trinajstić information content (AvgIpc) is 2.98. The summed E-state index contributed by atoms with van der Waals surface area (Å²) in [5.41, 5.74) is 5.23. The Morgan fingerprint density at radius 1 is 1.73 bits per heavy atom. The Hall–Kier alpha value is -1.36. The second-order valence-corrected chi connectivity index (χ2v) is 4.04. The van der Waals surface area contributed by atoms with E-state index in [1.807, 2.05) is 4.57 Å². The van der Waals surface area contributed by atoms with Gasteiger partial charge < -0.3 is 15.0 Å². The number of methoxy groups -OCH3 is 1. The number of carbonyl (C=O) groups excluding carboxylic acids is 1. The zero-order valence-electron chi connectivity index (χ0n) is 8.72. The summed E-state index contributed by atoms with van der Waals surface area (Å²) < 4.78 is 6.58. The second kappa shape index (κ2) is 3.66. The first-order chi connectivity index (χ1) is 7.16. The van der Waals surface area contributed by atoms with E-state index >= 15 is 0 Å². The molecular weight excluding hydrogens is 194 g/mol. The molecule has 0 bridgehead atoms. The van der Waals surface area contributed by atoms with E-state index in [-0.39, 0.29) is 11.9 Å². The number of esters is 1. The van der Waals surface area contributed by atoms with E-state index in [4.69, 9.17) is 10.5 Å². The maximum atomic E-state index is 11.7. The Kier molecular flexibility index (Phi) is 2.48. The van der Waals surface area contributed by atoms with Crippen LogP contribution in [0.2, 0.25) is 0 Å². The minimum atomic E-state index is -0.893. The van der Waals surface area contributed by atoms with Crippen molar-refractivity contribution in [3.63, 3.8) is 0 Å². The third-order valence-corrected chi connectivity index (χ3v) is 2.87. The summed E-state index contributed by atoms with van der Waals surface area (Å²) >= 11 is 0. The highest BCUT2D eigenvalue weighted by molar-refractivity contribution is 5.81. The van der Waals surface area contributed by atoms with Gasteiger partial charge in [0.1, 0.15) is 5.54 Å². The molecule has 1 aromatic heterocycles. The smallest absolute Gasteiger partial charge is 0.327 e. The SMILES string of the molecule is COC(=O)C(N)(Cn1ccnc1)C1CC1. The molecule has 5 nitrogen and oxygen atoms in total.